The third-order valence-electron chi connectivity index (χ3n) is 2.36. The van der Waals surface area contributed by atoms with Crippen molar-refractivity contribution >= 4 is 23.1 Å². The Bertz CT molecular complexity index is 496. The van der Waals surface area contributed by atoms with Crippen LogP contribution in [0.15, 0.2) is 17.1 Å². The number of aryl methyl sites for hydroxylation is 1. The molecule has 4 N–H and O–H groups in total. The zero-order valence-electron chi connectivity index (χ0n) is 9.74. The number of aromatic amines is 1. The van der Waals surface area contributed by atoms with Crippen LogP contribution in [0.5, 0.6) is 0 Å². The molecule has 0 bridgehead atoms. The predicted molar refractivity (Wildman–Crippen MR) is 70.1 cm³/mol. The number of nitrogens with two attached hydrogens (primary N) is 1. The minimum atomic E-state index is -0.467. The summed E-state index contributed by atoms with van der Waals surface area (Å²) in [5.41, 5.74) is 5.91. The molecular formula is C11H15N3O2S. The van der Waals surface area contributed by atoms with Gasteiger partial charge in [-0.15, -0.1) is 0 Å². The summed E-state index contributed by atoms with van der Waals surface area (Å²) in [5, 5.41) is 2.62. The fourth-order valence-electron chi connectivity index (χ4n) is 1.36. The van der Waals surface area contributed by atoms with Gasteiger partial charge in [0.1, 0.15) is 5.56 Å². The van der Waals surface area contributed by atoms with E-state index in [1.165, 1.54) is 12.3 Å². The molecule has 6 heteroatoms. The van der Waals surface area contributed by atoms with Crippen molar-refractivity contribution in [1.29, 1.82) is 0 Å². The molecule has 0 saturated heterocycles. The van der Waals surface area contributed by atoms with Gasteiger partial charge in [0.2, 0.25) is 0 Å². The maximum absolute atomic E-state index is 11.8. The van der Waals surface area contributed by atoms with Crippen LogP contribution in [0.4, 0.5) is 0 Å². The number of H-pyrrole nitrogens is 1. The molecule has 1 amide bonds. The number of hydrogen-bond donors (Lipinski definition) is 3. The van der Waals surface area contributed by atoms with Crippen LogP contribution >= 0.6 is 12.2 Å². The molecule has 1 aromatic rings. The zero-order valence-corrected chi connectivity index (χ0v) is 10.6. The Hall–Kier alpha value is -1.69. The standard InChI is InChI=1S/C11H15N3O2S/c1-3-8(10(12)17)14-11(16)7-5-13-6(2)4-9(7)15/h4-5,8H,3H2,1-2H3,(H2,12,17)(H,13,15)(H,14,16). The van der Waals surface area contributed by atoms with Crippen LogP contribution in [0.1, 0.15) is 29.4 Å². The number of thiocarbonyl (C=S) groups is 1. The molecule has 0 aliphatic heterocycles. The molecule has 0 radical (unpaired) electrons. The molecule has 0 aliphatic carbocycles. The van der Waals surface area contributed by atoms with E-state index in [0.29, 0.717) is 12.1 Å². The van der Waals surface area contributed by atoms with Gasteiger partial charge < -0.3 is 16.0 Å². The monoisotopic (exact) mass is 253 g/mol. The van der Waals surface area contributed by atoms with Gasteiger partial charge in [0.05, 0.1) is 11.0 Å². The maximum Gasteiger partial charge on any atom is 0.257 e. The maximum atomic E-state index is 11.8. The first-order valence-corrected chi connectivity index (χ1v) is 5.66. The number of carbonyl (C=O) groups excluding carboxylic acids is 1. The number of hydrogen-bond acceptors (Lipinski definition) is 3. The Kier molecular flexibility index (Phi) is 4.39. The largest absolute Gasteiger partial charge is 0.392 e. The summed E-state index contributed by atoms with van der Waals surface area (Å²) in [7, 11) is 0. The Morgan fingerprint density at radius 1 is 1.65 bits per heavy atom. The van der Waals surface area contributed by atoms with Crippen LogP contribution in [-0.4, -0.2) is 21.9 Å². The van der Waals surface area contributed by atoms with E-state index in [1.807, 2.05) is 6.92 Å². The molecular weight excluding hydrogens is 238 g/mol. The van der Waals surface area contributed by atoms with E-state index in [4.69, 9.17) is 18.0 Å². The second kappa shape index (κ2) is 5.58. The normalized spacial score (nSPS) is 11.9. The fourth-order valence-corrected chi connectivity index (χ4v) is 1.59. The lowest BCUT2D eigenvalue weighted by Gasteiger charge is -2.14. The average Bonchev–Trinajstić information content (AvgIpc) is 2.24. The molecule has 1 aromatic heterocycles. The summed E-state index contributed by atoms with van der Waals surface area (Å²) in [6.07, 6.45) is 1.98. The molecule has 0 aromatic carbocycles. The van der Waals surface area contributed by atoms with Crippen LogP contribution < -0.4 is 16.5 Å². The lowest BCUT2D eigenvalue weighted by Crippen LogP contribution is -2.44. The van der Waals surface area contributed by atoms with Crippen molar-refractivity contribution in [3.63, 3.8) is 0 Å². The first-order chi connectivity index (χ1) is 7.95. The molecule has 0 fully saturated rings. The van der Waals surface area contributed by atoms with E-state index in [2.05, 4.69) is 10.3 Å². The third kappa shape index (κ3) is 3.39. The first-order valence-electron chi connectivity index (χ1n) is 5.25. The molecule has 17 heavy (non-hydrogen) atoms. The lowest BCUT2D eigenvalue weighted by atomic mass is 10.2. The summed E-state index contributed by atoms with van der Waals surface area (Å²) >= 11 is 4.82. The topological polar surface area (TPSA) is 88.0 Å². The number of aromatic nitrogens is 1. The molecule has 1 unspecified atom stereocenters. The van der Waals surface area contributed by atoms with E-state index in [0.717, 1.165) is 0 Å². The molecule has 1 rings (SSSR count). The van der Waals surface area contributed by atoms with Crippen LogP contribution in [0.2, 0.25) is 0 Å². The van der Waals surface area contributed by atoms with Crippen molar-refractivity contribution in [3.05, 3.63) is 33.7 Å². The van der Waals surface area contributed by atoms with Crippen LogP contribution in [-0.2, 0) is 0 Å². The van der Waals surface area contributed by atoms with E-state index >= 15 is 0 Å². The van der Waals surface area contributed by atoms with E-state index in [-0.39, 0.29) is 16.0 Å². The van der Waals surface area contributed by atoms with Crippen LogP contribution in [0.3, 0.4) is 0 Å². The van der Waals surface area contributed by atoms with Crippen LogP contribution in [0, 0.1) is 6.92 Å². The SMILES string of the molecule is CCC(NC(=O)c1c[nH]c(C)cc1=O)C(N)=S. The fraction of sp³-hybridized carbons (Fsp3) is 0.364. The minimum Gasteiger partial charge on any atom is -0.392 e. The van der Waals surface area contributed by atoms with Gasteiger partial charge in [0.25, 0.3) is 5.91 Å². The van der Waals surface area contributed by atoms with Gasteiger partial charge >= 0.3 is 0 Å². The summed E-state index contributed by atoms with van der Waals surface area (Å²) < 4.78 is 0. The average molecular weight is 253 g/mol. The number of pyridine rings is 1. The summed E-state index contributed by atoms with van der Waals surface area (Å²) in [6.45, 7) is 3.59. The van der Waals surface area contributed by atoms with Gasteiger partial charge in [0.15, 0.2) is 5.43 Å². The second-order valence-electron chi connectivity index (χ2n) is 3.73. The lowest BCUT2D eigenvalue weighted by molar-refractivity contribution is 0.0945. The molecule has 92 valence electrons. The molecule has 1 heterocycles. The van der Waals surface area contributed by atoms with Crippen LogP contribution in [0.25, 0.3) is 0 Å². The van der Waals surface area contributed by atoms with E-state index < -0.39 is 11.9 Å². The summed E-state index contributed by atoms with van der Waals surface area (Å²) in [4.78, 5) is 26.4. The van der Waals surface area contributed by atoms with Gasteiger partial charge in [0, 0.05) is 18.0 Å². The molecule has 1 atom stereocenters. The zero-order chi connectivity index (χ0) is 13.0. The number of carbonyl (C=O) groups is 1. The Labute approximate surface area is 104 Å². The number of nitrogens with one attached hydrogen (secondary N) is 2. The Balaban J connectivity index is 2.90. The van der Waals surface area contributed by atoms with Crippen molar-refractivity contribution in [1.82, 2.24) is 10.3 Å². The van der Waals surface area contributed by atoms with Gasteiger partial charge in [-0.3, -0.25) is 9.59 Å². The van der Waals surface area contributed by atoms with Crippen molar-refractivity contribution in [3.8, 4) is 0 Å². The number of rotatable bonds is 4. The van der Waals surface area contributed by atoms with E-state index in [1.54, 1.807) is 6.92 Å². The summed E-state index contributed by atoms with van der Waals surface area (Å²) in [5.74, 6) is -0.467. The highest BCUT2D eigenvalue weighted by molar-refractivity contribution is 7.80. The first kappa shape index (κ1) is 13.4. The van der Waals surface area contributed by atoms with Crippen molar-refractivity contribution in [2.24, 2.45) is 5.73 Å². The third-order valence-corrected chi connectivity index (χ3v) is 2.64. The highest BCUT2D eigenvalue weighted by Gasteiger charge is 2.16. The minimum absolute atomic E-state index is 0.0605. The molecule has 0 saturated carbocycles. The Morgan fingerprint density at radius 3 is 2.76 bits per heavy atom. The quantitative estimate of drug-likeness (QED) is 0.681. The van der Waals surface area contributed by atoms with Gasteiger partial charge in [-0.05, 0) is 13.3 Å². The van der Waals surface area contributed by atoms with E-state index in [9.17, 15) is 9.59 Å². The molecule has 0 spiro atoms. The van der Waals surface area contributed by atoms with Gasteiger partial charge in [-0.2, -0.15) is 0 Å². The van der Waals surface area contributed by atoms with Gasteiger partial charge in [-0.1, -0.05) is 19.1 Å². The highest BCUT2D eigenvalue weighted by atomic mass is 32.1. The van der Waals surface area contributed by atoms with Crippen molar-refractivity contribution in [2.75, 3.05) is 0 Å². The van der Waals surface area contributed by atoms with Crippen molar-refractivity contribution in [2.45, 2.75) is 26.3 Å². The second-order valence-corrected chi connectivity index (χ2v) is 4.20. The highest BCUT2D eigenvalue weighted by Crippen LogP contribution is 1.96. The molecule has 0 aliphatic rings. The van der Waals surface area contributed by atoms with Gasteiger partial charge in [-0.25, -0.2) is 0 Å². The molecule has 5 nitrogen and oxygen atoms in total. The predicted octanol–water partition coefficient (Wildman–Crippen LogP) is 0.478. The summed E-state index contributed by atoms with van der Waals surface area (Å²) in [6, 6.07) is 0.981. The smallest absolute Gasteiger partial charge is 0.257 e. The van der Waals surface area contributed by atoms with Crippen molar-refractivity contribution < 1.29 is 4.79 Å². The number of amides is 1. The Morgan fingerprint density at radius 2 is 2.29 bits per heavy atom.